The number of fused-ring (bicyclic) bond motifs is 1. The Morgan fingerprint density at radius 1 is 1.41 bits per heavy atom. The standard InChI is InChI=1S/C13H18N2OS/c1-3-16-8-4-7-15-12-9-10(2)5-6-11(12)14-13(15)17/h5-6,9H,3-4,7-8H2,1-2H3,(H,14,17). The minimum absolute atomic E-state index is 0.776. The molecule has 0 radical (unpaired) electrons. The van der Waals surface area contributed by atoms with Crippen molar-refractivity contribution in [2.75, 3.05) is 13.2 Å². The number of ether oxygens (including phenoxy) is 1. The van der Waals surface area contributed by atoms with Gasteiger partial charge < -0.3 is 14.3 Å². The van der Waals surface area contributed by atoms with E-state index >= 15 is 0 Å². The van der Waals surface area contributed by atoms with Crippen LogP contribution in [0.15, 0.2) is 18.2 Å². The Bertz CT molecular complexity index is 556. The largest absolute Gasteiger partial charge is 0.382 e. The number of hydrogen-bond acceptors (Lipinski definition) is 2. The maximum absolute atomic E-state index is 5.35. The number of H-pyrrole nitrogens is 1. The molecule has 0 bridgehead atoms. The number of rotatable bonds is 5. The van der Waals surface area contributed by atoms with E-state index in [4.69, 9.17) is 17.0 Å². The molecule has 0 fully saturated rings. The van der Waals surface area contributed by atoms with Crippen molar-refractivity contribution in [2.24, 2.45) is 0 Å². The smallest absolute Gasteiger partial charge is 0.178 e. The lowest BCUT2D eigenvalue weighted by Gasteiger charge is -2.05. The Labute approximate surface area is 106 Å². The first-order valence-electron chi connectivity index (χ1n) is 5.99. The topological polar surface area (TPSA) is 29.9 Å². The summed E-state index contributed by atoms with van der Waals surface area (Å²) in [5, 5.41) is 0. The molecule has 0 atom stereocenters. The van der Waals surface area contributed by atoms with Gasteiger partial charge in [-0.3, -0.25) is 0 Å². The molecule has 0 aliphatic rings. The van der Waals surface area contributed by atoms with E-state index in [0.29, 0.717) is 0 Å². The predicted molar refractivity (Wildman–Crippen MR) is 73.0 cm³/mol. The molecular formula is C13H18N2OS. The summed E-state index contributed by atoms with van der Waals surface area (Å²) in [7, 11) is 0. The van der Waals surface area contributed by atoms with Crippen molar-refractivity contribution >= 4 is 23.3 Å². The molecule has 0 saturated heterocycles. The van der Waals surface area contributed by atoms with E-state index in [9.17, 15) is 0 Å². The van der Waals surface area contributed by atoms with Gasteiger partial charge in [0.25, 0.3) is 0 Å². The normalized spacial score (nSPS) is 11.2. The highest BCUT2D eigenvalue weighted by Gasteiger charge is 2.03. The third kappa shape index (κ3) is 2.76. The van der Waals surface area contributed by atoms with Crippen LogP contribution in [-0.2, 0) is 11.3 Å². The molecule has 2 aromatic rings. The first kappa shape index (κ1) is 12.3. The molecule has 1 N–H and O–H groups in total. The molecule has 0 aliphatic heterocycles. The Hall–Kier alpha value is -1.13. The van der Waals surface area contributed by atoms with E-state index < -0.39 is 0 Å². The zero-order valence-corrected chi connectivity index (χ0v) is 11.1. The van der Waals surface area contributed by atoms with Crippen LogP contribution in [0.1, 0.15) is 18.9 Å². The minimum atomic E-state index is 0.776. The van der Waals surface area contributed by atoms with E-state index in [1.54, 1.807) is 0 Å². The van der Waals surface area contributed by atoms with Crippen molar-refractivity contribution in [1.29, 1.82) is 0 Å². The molecule has 92 valence electrons. The first-order chi connectivity index (χ1) is 8.22. The summed E-state index contributed by atoms with van der Waals surface area (Å²) in [5.41, 5.74) is 3.55. The summed E-state index contributed by atoms with van der Waals surface area (Å²) in [6.07, 6.45) is 0.989. The fourth-order valence-electron chi connectivity index (χ4n) is 1.95. The average Bonchev–Trinajstić information content (AvgIpc) is 2.61. The molecule has 2 rings (SSSR count). The molecule has 3 nitrogen and oxygen atoms in total. The highest BCUT2D eigenvalue weighted by atomic mass is 32.1. The number of hydrogen-bond donors (Lipinski definition) is 1. The molecular weight excluding hydrogens is 232 g/mol. The molecule has 0 unspecified atom stereocenters. The number of aromatic nitrogens is 2. The van der Waals surface area contributed by atoms with Crippen LogP contribution >= 0.6 is 12.2 Å². The molecule has 17 heavy (non-hydrogen) atoms. The van der Waals surface area contributed by atoms with E-state index in [2.05, 4.69) is 34.7 Å². The molecule has 0 aliphatic carbocycles. The van der Waals surface area contributed by atoms with Crippen molar-refractivity contribution in [3.63, 3.8) is 0 Å². The van der Waals surface area contributed by atoms with Crippen LogP contribution in [0.4, 0.5) is 0 Å². The Morgan fingerprint density at radius 3 is 3.00 bits per heavy atom. The van der Waals surface area contributed by atoms with Crippen LogP contribution < -0.4 is 0 Å². The van der Waals surface area contributed by atoms with Crippen LogP contribution in [0, 0.1) is 11.7 Å². The fraction of sp³-hybridized carbons (Fsp3) is 0.462. The second kappa shape index (κ2) is 5.47. The summed E-state index contributed by atoms with van der Waals surface area (Å²) in [6.45, 7) is 6.58. The highest BCUT2D eigenvalue weighted by molar-refractivity contribution is 7.71. The third-order valence-corrected chi connectivity index (χ3v) is 3.13. The Kier molecular flexibility index (Phi) is 3.97. The minimum Gasteiger partial charge on any atom is -0.382 e. The van der Waals surface area contributed by atoms with Gasteiger partial charge in [0.05, 0.1) is 11.0 Å². The quantitative estimate of drug-likeness (QED) is 0.651. The Morgan fingerprint density at radius 2 is 2.24 bits per heavy atom. The second-order valence-electron chi connectivity index (χ2n) is 4.15. The van der Waals surface area contributed by atoms with Gasteiger partial charge in [0.2, 0.25) is 0 Å². The SMILES string of the molecule is CCOCCCn1c(=S)[nH]c2ccc(C)cc21. The van der Waals surface area contributed by atoms with Gasteiger partial charge in [-0.05, 0) is 50.2 Å². The van der Waals surface area contributed by atoms with Crippen molar-refractivity contribution in [1.82, 2.24) is 9.55 Å². The number of aromatic amines is 1. The maximum atomic E-state index is 5.35. The lowest BCUT2D eigenvalue weighted by Crippen LogP contribution is -2.02. The number of imidazole rings is 1. The zero-order valence-electron chi connectivity index (χ0n) is 10.3. The van der Waals surface area contributed by atoms with E-state index in [0.717, 1.165) is 36.5 Å². The summed E-state index contributed by atoms with van der Waals surface area (Å²) in [5.74, 6) is 0. The molecule has 0 saturated carbocycles. The fourth-order valence-corrected chi connectivity index (χ4v) is 2.25. The summed E-state index contributed by atoms with van der Waals surface area (Å²) in [6, 6.07) is 6.35. The highest BCUT2D eigenvalue weighted by Crippen LogP contribution is 2.16. The number of nitrogens with zero attached hydrogens (tertiary/aromatic N) is 1. The van der Waals surface area contributed by atoms with Crippen LogP contribution in [0.5, 0.6) is 0 Å². The van der Waals surface area contributed by atoms with Crippen molar-refractivity contribution in [2.45, 2.75) is 26.8 Å². The van der Waals surface area contributed by atoms with Gasteiger partial charge in [0, 0.05) is 19.8 Å². The molecule has 1 aromatic heterocycles. The van der Waals surface area contributed by atoms with Crippen LogP contribution in [-0.4, -0.2) is 22.8 Å². The van der Waals surface area contributed by atoms with Crippen LogP contribution in [0.3, 0.4) is 0 Å². The molecule has 1 aromatic carbocycles. The van der Waals surface area contributed by atoms with Crippen molar-refractivity contribution in [3.05, 3.63) is 28.5 Å². The van der Waals surface area contributed by atoms with Gasteiger partial charge in [-0.25, -0.2) is 0 Å². The maximum Gasteiger partial charge on any atom is 0.178 e. The van der Waals surface area contributed by atoms with Gasteiger partial charge in [-0.15, -0.1) is 0 Å². The van der Waals surface area contributed by atoms with E-state index in [1.165, 1.54) is 11.1 Å². The second-order valence-corrected chi connectivity index (χ2v) is 4.54. The zero-order chi connectivity index (χ0) is 12.3. The summed E-state index contributed by atoms with van der Waals surface area (Å²) >= 11 is 5.34. The summed E-state index contributed by atoms with van der Waals surface area (Å²) in [4.78, 5) is 3.23. The van der Waals surface area contributed by atoms with Crippen molar-refractivity contribution in [3.8, 4) is 0 Å². The molecule has 0 spiro atoms. The van der Waals surface area contributed by atoms with Crippen molar-refractivity contribution < 1.29 is 4.74 Å². The third-order valence-electron chi connectivity index (χ3n) is 2.81. The lowest BCUT2D eigenvalue weighted by molar-refractivity contribution is 0.142. The monoisotopic (exact) mass is 250 g/mol. The van der Waals surface area contributed by atoms with E-state index in [-0.39, 0.29) is 0 Å². The van der Waals surface area contributed by atoms with E-state index in [1.807, 2.05) is 6.92 Å². The number of nitrogens with one attached hydrogen (secondary N) is 1. The van der Waals surface area contributed by atoms with Gasteiger partial charge >= 0.3 is 0 Å². The molecule has 0 amide bonds. The molecule has 4 heteroatoms. The number of benzene rings is 1. The van der Waals surface area contributed by atoms with Gasteiger partial charge in [0.1, 0.15) is 0 Å². The predicted octanol–water partition coefficient (Wildman–Crippen LogP) is 3.43. The average molecular weight is 250 g/mol. The lowest BCUT2D eigenvalue weighted by atomic mass is 10.2. The summed E-state index contributed by atoms with van der Waals surface area (Å²) < 4.78 is 8.29. The van der Waals surface area contributed by atoms with Gasteiger partial charge in [-0.1, -0.05) is 6.07 Å². The number of aryl methyl sites for hydroxylation is 2. The van der Waals surface area contributed by atoms with Crippen LogP contribution in [0.2, 0.25) is 0 Å². The first-order valence-corrected chi connectivity index (χ1v) is 6.40. The van der Waals surface area contributed by atoms with Gasteiger partial charge in [-0.2, -0.15) is 0 Å². The molecule has 1 heterocycles. The van der Waals surface area contributed by atoms with Gasteiger partial charge in [0.15, 0.2) is 4.77 Å². The van der Waals surface area contributed by atoms with Crippen LogP contribution in [0.25, 0.3) is 11.0 Å². The Balaban J connectivity index is 2.23.